The number of rotatable bonds is 1. The van der Waals surface area contributed by atoms with E-state index in [2.05, 4.69) is 42.5 Å². The van der Waals surface area contributed by atoms with Crippen molar-refractivity contribution in [1.82, 2.24) is 19.9 Å². The summed E-state index contributed by atoms with van der Waals surface area (Å²) in [5, 5.41) is 0.432. The van der Waals surface area contributed by atoms with Crippen LogP contribution in [0.4, 0.5) is 0 Å². The summed E-state index contributed by atoms with van der Waals surface area (Å²) in [5.41, 5.74) is 0.616. The lowest BCUT2D eigenvalue weighted by Gasteiger charge is -1.99. The van der Waals surface area contributed by atoms with Crippen LogP contribution >= 0.6 is 34.2 Å². The minimum absolute atomic E-state index is 0.432. The normalized spacial score (nSPS) is 10.1. The van der Waals surface area contributed by atoms with Crippen LogP contribution in [0.2, 0.25) is 5.15 Å². The van der Waals surface area contributed by atoms with E-state index in [0.717, 1.165) is 3.57 Å². The van der Waals surface area contributed by atoms with Crippen molar-refractivity contribution in [3.05, 3.63) is 33.5 Å². The molecule has 2 heterocycles. The van der Waals surface area contributed by atoms with Gasteiger partial charge >= 0.3 is 0 Å². The largest absolute Gasteiger partial charge is 0.261 e. The van der Waals surface area contributed by atoms with Gasteiger partial charge in [0.25, 0.3) is 0 Å². The molecule has 14 heavy (non-hydrogen) atoms. The average Bonchev–Trinajstić information content (AvgIpc) is 2.23. The summed E-state index contributed by atoms with van der Waals surface area (Å²) in [7, 11) is 0. The van der Waals surface area contributed by atoms with Gasteiger partial charge in [0.2, 0.25) is 0 Å². The highest BCUT2D eigenvalue weighted by Gasteiger charge is 2.05. The number of nitrogens with zero attached hydrogens (tertiary/aromatic N) is 4. The molecule has 0 saturated heterocycles. The third-order valence-electron chi connectivity index (χ3n) is 1.49. The average molecular weight is 319 g/mol. The Labute approximate surface area is 98.9 Å². The fourth-order valence-electron chi connectivity index (χ4n) is 0.884. The molecule has 2 aromatic rings. The van der Waals surface area contributed by atoms with Gasteiger partial charge in [-0.1, -0.05) is 11.6 Å². The highest BCUT2D eigenvalue weighted by Crippen LogP contribution is 2.17. The molecule has 0 aromatic carbocycles. The fraction of sp³-hybridized carbons (Fsp3) is 0. The van der Waals surface area contributed by atoms with Crippen molar-refractivity contribution in [2.45, 2.75) is 0 Å². The zero-order valence-corrected chi connectivity index (χ0v) is 9.77. The number of aromatic nitrogens is 4. The third-order valence-corrected chi connectivity index (χ3v) is 2.89. The van der Waals surface area contributed by atoms with E-state index >= 15 is 0 Å². The Morgan fingerprint density at radius 3 is 2.64 bits per heavy atom. The molecular weight excluding hydrogens is 314 g/mol. The molecule has 2 rings (SSSR count). The Bertz CT molecular complexity index is 448. The summed E-state index contributed by atoms with van der Waals surface area (Å²) < 4.78 is 0.817. The molecule has 4 nitrogen and oxygen atoms in total. The van der Waals surface area contributed by atoms with E-state index in [9.17, 15) is 0 Å². The molecule has 0 N–H and O–H groups in total. The summed E-state index contributed by atoms with van der Waals surface area (Å²) in [6.45, 7) is 0. The second-order valence-corrected chi connectivity index (χ2v) is 3.94. The molecule has 0 unspecified atom stereocenters. The van der Waals surface area contributed by atoms with Gasteiger partial charge in [-0.2, -0.15) is 0 Å². The molecule has 0 spiro atoms. The zero-order chi connectivity index (χ0) is 9.97. The monoisotopic (exact) mass is 318 g/mol. The van der Waals surface area contributed by atoms with Gasteiger partial charge in [0, 0.05) is 18.6 Å². The van der Waals surface area contributed by atoms with Crippen molar-refractivity contribution in [3.63, 3.8) is 0 Å². The smallest absolute Gasteiger partial charge is 0.181 e. The molecule has 0 aliphatic rings. The Balaban J connectivity index is 2.48. The van der Waals surface area contributed by atoms with Crippen LogP contribution in [-0.2, 0) is 0 Å². The van der Waals surface area contributed by atoms with Gasteiger partial charge in [-0.25, -0.2) is 15.0 Å². The maximum Gasteiger partial charge on any atom is 0.181 e. The van der Waals surface area contributed by atoms with E-state index in [-0.39, 0.29) is 0 Å². The predicted molar refractivity (Wildman–Crippen MR) is 60.8 cm³/mol. The van der Waals surface area contributed by atoms with Crippen molar-refractivity contribution in [1.29, 1.82) is 0 Å². The molecule has 0 radical (unpaired) electrons. The van der Waals surface area contributed by atoms with Crippen molar-refractivity contribution < 1.29 is 0 Å². The maximum absolute atomic E-state index is 5.86. The van der Waals surface area contributed by atoms with E-state index in [4.69, 9.17) is 11.6 Å². The summed E-state index contributed by atoms with van der Waals surface area (Å²) >= 11 is 7.92. The Kier molecular flexibility index (Phi) is 2.87. The fourth-order valence-corrected chi connectivity index (χ4v) is 1.27. The summed E-state index contributed by atoms with van der Waals surface area (Å²) in [5.74, 6) is 0.489. The molecule has 0 aliphatic carbocycles. The summed E-state index contributed by atoms with van der Waals surface area (Å²) in [6.07, 6.45) is 6.43. The van der Waals surface area contributed by atoms with Gasteiger partial charge in [-0.3, -0.25) is 4.98 Å². The summed E-state index contributed by atoms with van der Waals surface area (Å²) in [4.78, 5) is 16.2. The maximum atomic E-state index is 5.86. The first kappa shape index (κ1) is 9.72. The molecule has 0 atom stereocenters. The quantitative estimate of drug-likeness (QED) is 0.597. The van der Waals surface area contributed by atoms with Crippen LogP contribution in [0, 0.1) is 3.57 Å². The topological polar surface area (TPSA) is 51.6 Å². The zero-order valence-electron chi connectivity index (χ0n) is 6.85. The number of hydrogen-bond acceptors (Lipinski definition) is 4. The van der Waals surface area contributed by atoms with Gasteiger partial charge in [0.15, 0.2) is 5.82 Å². The van der Waals surface area contributed by atoms with Crippen LogP contribution in [-0.4, -0.2) is 19.9 Å². The lowest BCUT2D eigenvalue weighted by atomic mass is 10.4. The van der Waals surface area contributed by atoms with Crippen LogP contribution < -0.4 is 0 Å². The van der Waals surface area contributed by atoms with E-state index < -0.39 is 0 Å². The van der Waals surface area contributed by atoms with E-state index in [1.54, 1.807) is 24.8 Å². The van der Waals surface area contributed by atoms with E-state index in [0.29, 0.717) is 16.7 Å². The molecule has 6 heteroatoms. The van der Waals surface area contributed by atoms with Gasteiger partial charge in [0.1, 0.15) is 10.8 Å². The highest BCUT2D eigenvalue weighted by molar-refractivity contribution is 14.1. The number of halogens is 2. The van der Waals surface area contributed by atoms with E-state index in [1.807, 2.05) is 0 Å². The Morgan fingerprint density at radius 2 is 2.00 bits per heavy atom. The lowest BCUT2D eigenvalue weighted by molar-refractivity contribution is 1.10. The van der Waals surface area contributed by atoms with Crippen molar-refractivity contribution in [3.8, 4) is 11.5 Å². The van der Waals surface area contributed by atoms with Crippen molar-refractivity contribution in [2.75, 3.05) is 0 Å². The Morgan fingerprint density at radius 1 is 1.14 bits per heavy atom. The second-order valence-electron chi connectivity index (χ2n) is 2.42. The minimum Gasteiger partial charge on any atom is -0.261 e. The first-order valence-corrected chi connectivity index (χ1v) is 5.17. The molecule has 0 saturated carbocycles. The van der Waals surface area contributed by atoms with Crippen LogP contribution in [0.15, 0.2) is 24.8 Å². The molecule has 0 fully saturated rings. The Hall–Kier alpha value is -0.820. The van der Waals surface area contributed by atoms with Crippen LogP contribution in [0.3, 0.4) is 0 Å². The van der Waals surface area contributed by atoms with Crippen LogP contribution in [0.1, 0.15) is 0 Å². The van der Waals surface area contributed by atoms with Gasteiger partial charge in [-0.15, -0.1) is 0 Å². The molecule has 0 amide bonds. The minimum atomic E-state index is 0.432. The van der Waals surface area contributed by atoms with Gasteiger partial charge < -0.3 is 0 Å². The van der Waals surface area contributed by atoms with Gasteiger partial charge in [0.05, 0.1) is 9.77 Å². The standard InChI is InChI=1S/C8H4ClIN4/c9-7-5(10)3-13-8(14-7)6-4-11-1-2-12-6/h1-4H. The summed E-state index contributed by atoms with van der Waals surface area (Å²) in [6, 6.07) is 0. The molecular formula is C8H4ClIN4. The first-order valence-electron chi connectivity index (χ1n) is 3.72. The molecule has 70 valence electrons. The number of hydrogen-bond donors (Lipinski definition) is 0. The van der Waals surface area contributed by atoms with Crippen LogP contribution in [0.25, 0.3) is 11.5 Å². The van der Waals surface area contributed by atoms with Crippen LogP contribution in [0.5, 0.6) is 0 Å². The van der Waals surface area contributed by atoms with Gasteiger partial charge in [-0.05, 0) is 22.6 Å². The first-order chi connectivity index (χ1) is 6.77. The van der Waals surface area contributed by atoms with E-state index in [1.165, 1.54) is 0 Å². The third kappa shape index (κ3) is 1.98. The SMILES string of the molecule is Clc1nc(-c2cnccn2)ncc1I. The highest BCUT2D eigenvalue weighted by atomic mass is 127. The van der Waals surface area contributed by atoms with Crippen molar-refractivity contribution in [2.24, 2.45) is 0 Å². The predicted octanol–water partition coefficient (Wildman–Crippen LogP) is 2.19. The lowest BCUT2D eigenvalue weighted by Crippen LogP contribution is -1.93. The molecule has 0 aliphatic heterocycles. The second kappa shape index (κ2) is 4.14. The molecule has 2 aromatic heterocycles. The molecule has 0 bridgehead atoms. The van der Waals surface area contributed by atoms with Crippen molar-refractivity contribution >= 4 is 34.2 Å².